The van der Waals surface area contributed by atoms with Crippen molar-refractivity contribution in [3.63, 3.8) is 0 Å². The fourth-order valence-electron chi connectivity index (χ4n) is 2.28. The predicted octanol–water partition coefficient (Wildman–Crippen LogP) is 0.699. The molecule has 1 aliphatic heterocycles. The summed E-state index contributed by atoms with van der Waals surface area (Å²) < 4.78 is 5.31. The zero-order valence-electron chi connectivity index (χ0n) is 11.6. The fraction of sp³-hybridized carbons (Fsp3) is 0.500. The lowest BCUT2D eigenvalue weighted by Gasteiger charge is -2.32. The smallest absolute Gasteiger partial charge is 0.298 e. The predicted molar refractivity (Wildman–Crippen MR) is 75.6 cm³/mol. The Balaban J connectivity index is 2.34. The summed E-state index contributed by atoms with van der Waals surface area (Å²) in [4.78, 5) is 16.5. The second kappa shape index (κ2) is 6.35. The minimum Gasteiger partial charge on any atom is -0.409 e. The van der Waals surface area contributed by atoms with E-state index in [1.165, 1.54) is 6.07 Å². The van der Waals surface area contributed by atoms with E-state index in [0.29, 0.717) is 19.0 Å². The lowest BCUT2D eigenvalue weighted by atomic mass is 10.1. The van der Waals surface area contributed by atoms with Crippen LogP contribution in [0.25, 0.3) is 0 Å². The van der Waals surface area contributed by atoms with Crippen LogP contribution in [0.5, 0.6) is 0 Å². The van der Waals surface area contributed by atoms with E-state index in [2.05, 4.69) is 10.1 Å². The SMILES string of the molecule is CN(c1ccc([N+](=O)[O-])c(/C(N)=N/O)n1)C1CCOCC1. The molecule has 114 valence electrons. The van der Waals surface area contributed by atoms with Crippen LogP contribution in [0.15, 0.2) is 17.3 Å². The van der Waals surface area contributed by atoms with Crippen LogP contribution >= 0.6 is 0 Å². The maximum atomic E-state index is 11.0. The van der Waals surface area contributed by atoms with Gasteiger partial charge in [-0.3, -0.25) is 10.1 Å². The third-order valence-corrected chi connectivity index (χ3v) is 3.51. The Morgan fingerprint density at radius 2 is 2.24 bits per heavy atom. The van der Waals surface area contributed by atoms with Gasteiger partial charge in [0.25, 0.3) is 5.69 Å². The topological polar surface area (TPSA) is 127 Å². The Bertz CT molecular complexity index is 557. The van der Waals surface area contributed by atoms with Crippen molar-refractivity contribution in [2.45, 2.75) is 18.9 Å². The molecule has 0 atom stereocenters. The molecule has 0 aromatic carbocycles. The van der Waals surface area contributed by atoms with Crippen molar-refractivity contribution in [2.75, 3.05) is 25.2 Å². The number of anilines is 1. The van der Waals surface area contributed by atoms with Gasteiger partial charge in [-0.05, 0) is 18.9 Å². The van der Waals surface area contributed by atoms with E-state index in [9.17, 15) is 10.1 Å². The van der Waals surface area contributed by atoms with E-state index in [1.54, 1.807) is 6.07 Å². The van der Waals surface area contributed by atoms with Crippen LogP contribution in [0.2, 0.25) is 0 Å². The molecular weight excluding hydrogens is 278 g/mol. The van der Waals surface area contributed by atoms with Crippen LogP contribution in [0.3, 0.4) is 0 Å². The average molecular weight is 295 g/mol. The Morgan fingerprint density at radius 1 is 1.57 bits per heavy atom. The molecule has 0 saturated carbocycles. The van der Waals surface area contributed by atoms with Crippen LogP contribution in [-0.4, -0.2) is 47.3 Å². The zero-order chi connectivity index (χ0) is 15.4. The molecule has 0 bridgehead atoms. The number of hydrogen-bond acceptors (Lipinski definition) is 7. The van der Waals surface area contributed by atoms with Crippen LogP contribution in [0, 0.1) is 10.1 Å². The number of pyridine rings is 1. The lowest BCUT2D eigenvalue weighted by Crippen LogP contribution is -2.37. The second-order valence-electron chi connectivity index (χ2n) is 4.73. The second-order valence-corrected chi connectivity index (χ2v) is 4.73. The summed E-state index contributed by atoms with van der Waals surface area (Å²) in [6.45, 7) is 1.35. The number of amidine groups is 1. The lowest BCUT2D eigenvalue weighted by molar-refractivity contribution is -0.385. The minimum absolute atomic E-state index is 0.140. The molecule has 0 amide bonds. The average Bonchev–Trinajstić information content (AvgIpc) is 2.53. The van der Waals surface area contributed by atoms with Crippen molar-refractivity contribution in [3.05, 3.63) is 27.9 Å². The van der Waals surface area contributed by atoms with Crippen molar-refractivity contribution in [2.24, 2.45) is 10.9 Å². The molecule has 0 spiro atoms. The molecule has 1 fully saturated rings. The highest BCUT2D eigenvalue weighted by molar-refractivity contribution is 5.99. The molecular formula is C12H17N5O4. The van der Waals surface area contributed by atoms with E-state index in [1.807, 2.05) is 11.9 Å². The van der Waals surface area contributed by atoms with Gasteiger partial charge < -0.3 is 20.6 Å². The summed E-state index contributed by atoms with van der Waals surface area (Å²) in [6.07, 6.45) is 1.71. The molecule has 2 heterocycles. The molecule has 0 radical (unpaired) electrons. The summed E-state index contributed by atoms with van der Waals surface area (Å²) in [7, 11) is 1.86. The standard InChI is InChI=1S/C12H17N5O4/c1-16(8-4-6-21-7-5-8)10-3-2-9(17(19)20)11(14-10)12(13)15-18/h2-3,8,18H,4-7H2,1H3,(H2,13,15). The molecule has 9 heteroatoms. The number of ether oxygens (including phenoxy) is 1. The van der Waals surface area contributed by atoms with Gasteiger partial charge in [0.2, 0.25) is 0 Å². The van der Waals surface area contributed by atoms with Gasteiger partial charge in [-0.2, -0.15) is 0 Å². The molecule has 1 aromatic heterocycles. The van der Waals surface area contributed by atoms with Crippen molar-refractivity contribution in [1.82, 2.24) is 4.98 Å². The fourth-order valence-corrected chi connectivity index (χ4v) is 2.28. The number of nitrogens with two attached hydrogens (primary N) is 1. The quantitative estimate of drug-likeness (QED) is 0.275. The first-order valence-electron chi connectivity index (χ1n) is 6.48. The summed E-state index contributed by atoms with van der Waals surface area (Å²) in [6, 6.07) is 3.11. The molecule has 3 N–H and O–H groups in total. The van der Waals surface area contributed by atoms with Gasteiger partial charge in [-0.15, -0.1) is 0 Å². The molecule has 0 aliphatic carbocycles. The van der Waals surface area contributed by atoms with E-state index in [-0.39, 0.29) is 23.3 Å². The van der Waals surface area contributed by atoms with Crippen molar-refractivity contribution < 1.29 is 14.9 Å². The maximum Gasteiger partial charge on any atom is 0.298 e. The van der Waals surface area contributed by atoms with Crippen LogP contribution in [0.1, 0.15) is 18.5 Å². The number of hydrogen-bond donors (Lipinski definition) is 2. The first-order chi connectivity index (χ1) is 10.0. The maximum absolute atomic E-state index is 11.0. The van der Waals surface area contributed by atoms with E-state index >= 15 is 0 Å². The molecule has 9 nitrogen and oxygen atoms in total. The summed E-state index contributed by atoms with van der Waals surface area (Å²) in [5.41, 5.74) is 5.04. The van der Waals surface area contributed by atoms with E-state index in [0.717, 1.165) is 12.8 Å². The highest BCUT2D eigenvalue weighted by Gasteiger charge is 2.24. The highest BCUT2D eigenvalue weighted by Crippen LogP contribution is 2.24. The van der Waals surface area contributed by atoms with Crippen LogP contribution in [0.4, 0.5) is 11.5 Å². The van der Waals surface area contributed by atoms with Crippen molar-refractivity contribution in [3.8, 4) is 0 Å². The molecule has 21 heavy (non-hydrogen) atoms. The number of rotatable bonds is 4. The van der Waals surface area contributed by atoms with Gasteiger partial charge in [-0.1, -0.05) is 5.16 Å². The summed E-state index contributed by atoms with van der Waals surface area (Å²) >= 11 is 0. The van der Waals surface area contributed by atoms with Gasteiger partial charge >= 0.3 is 0 Å². The molecule has 0 unspecified atom stereocenters. The summed E-state index contributed by atoms with van der Waals surface area (Å²) in [5.74, 6) is 0.151. The Labute approximate surface area is 121 Å². The molecule has 1 saturated heterocycles. The van der Waals surface area contributed by atoms with Crippen LogP contribution < -0.4 is 10.6 Å². The van der Waals surface area contributed by atoms with Gasteiger partial charge in [0.05, 0.1) is 4.92 Å². The third kappa shape index (κ3) is 3.19. The van der Waals surface area contributed by atoms with E-state index < -0.39 is 4.92 Å². The number of oxime groups is 1. The Hall–Kier alpha value is -2.42. The van der Waals surface area contributed by atoms with Gasteiger partial charge in [-0.25, -0.2) is 4.98 Å². The van der Waals surface area contributed by atoms with Crippen LogP contribution in [-0.2, 0) is 4.74 Å². The van der Waals surface area contributed by atoms with Crippen molar-refractivity contribution in [1.29, 1.82) is 0 Å². The first kappa shape index (κ1) is 15.0. The number of aromatic nitrogens is 1. The van der Waals surface area contributed by atoms with Gasteiger partial charge in [0.1, 0.15) is 5.82 Å². The monoisotopic (exact) mass is 295 g/mol. The largest absolute Gasteiger partial charge is 0.409 e. The Kier molecular flexibility index (Phi) is 4.53. The van der Waals surface area contributed by atoms with E-state index in [4.69, 9.17) is 15.7 Å². The zero-order valence-corrected chi connectivity index (χ0v) is 11.6. The van der Waals surface area contributed by atoms with Gasteiger partial charge in [0, 0.05) is 32.4 Å². The minimum atomic E-state index is -0.612. The molecule has 2 rings (SSSR count). The highest BCUT2D eigenvalue weighted by atomic mass is 16.6. The molecule has 1 aliphatic rings. The number of nitrogens with zero attached hydrogens (tertiary/aromatic N) is 4. The summed E-state index contributed by atoms with van der Waals surface area (Å²) in [5, 5.41) is 22.5. The normalized spacial score (nSPS) is 16.7. The van der Waals surface area contributed by atoms with Crippen molar-refractivity contribution >= 4 is 17.3 Å². The third-order valence-electron chi connectivity index (χ3n) is 3.51. The molecule has 1 aromatic rings. The Morgan fingerprint density at radius 3 is 2.81 bits per heavy atom. The number of nitro groups is 1. The van der Waals surface area contributed by atoms with Gasteiger partial charge in [0.15, 0.2) is 11.5 Å². The first-order valence-corrected chi connectivity index (χ1v) is 6.48.